The summed E-state index contributed by atoms with van der Waals surface area (Å²) in [6.45, 7) is 50.5. The van der Waals surface area contributed by atoms with Gasteiger partial charge >= 0.3 is 59.7 Å². The van der Waals surface area contributed by atoms with Gasteiger partial charge in [-0.25, -0.2) is 19.2 Å². The quantitative estimate of drug-likeness (QED) is 0.0251. The number of fused-ring (bicyclic) bond motifs is 9. The van der Waals surface area contributed by atoms with Crippen LogP contribution in [-0.2, 0) is 95.3 Å². The molecular formula is C116H186O20. The highest BCUT2D eigenvalue weighted by molar-refractivity contribution is 5.83. The van der Waals surface area contributed by atoms with Gasteiger partial charge in [0.1, 0.15) is 28.0 Å². The van der Waals surface area contributed by atoms with Gasteiger partial charge in [-0.2, -0.15) is 0 Å². The van der Waals surface area contributed by atoms with Gasteiger partial charge in [0.15, 0.2) is 25.9 Å². The van der Waals surface area contributed by atoms with Crippen molar-refractivity contribution in [1.29, 1.82) is 0 Å². The molecule has 0 saturated heterocycles. The highest BCUT2D eigenvalue weighted by Gasteiger charge is 2.72. The Kier molecular flexibility index (Phi) is 31.1. The van der Waals surface area contributed by atoms with Crippen molar-refractivity contribution in [2.45, 2.75) is 458 Å². The predicted octanol–water partition coefficient (Wildman–Crippen LogP) is 25.1. The van der Waals surface area contributed by atoms with Crippen molar-refractivity contribution in [3.8, 4) is 0 Å². The van der Waals surface area contributed by atoms with Crippen LogP contribution in [0.2, 0.25) is 0 Å². The lowest BCUT2D eigenvalue weighted by Gasteiger charge is -2.74. The summed E-state index contributed by atoms with van der Waals surface area (Å²) in [5.74, 6) is 16.4. The monoisotopic (exact) mass is 1900 g/mol. The molecule has 0 aromatic carbocycles. The van der Waals surface area contributed by atoms with Crippen molar-refractivity contribution in [2.75, 3.05) is 26.4 Å². The highest BCUT2D eigenvalue weighted by Crippen LogP contribution is 2.77. The fourth-order valence-corrected chi connectivity index (χ4v) is 34.2. The average Bonchev–Trinajstić information content (AvgIpc) is 0.825. The summed E-state index contributed by atoms with van der Waals surface area (Å²) < 4.78 is 56.8. The molecule has 770 valence electrons. The molecule has 23 aliphatic carbocycles. The lowest BCUT2D eigenvalue weighted by Crippen LogP contribution is -2.69. The Bertz CT molecular complexity index is 4140. The van der Waals surface area contributed by atoms with Gasteiger partial charge in [0.2, 0.25) is 0 Å². The Hall–Kier alpha value is -5.30. The third-order valence-corrected chi connectivity index (χ3v) is 43.0. The van der Waals surface area contributed by atoms with Crippen LogP contribution in [0.5, 0.6) is 0 Å². The van der Waals surface area contributed by atoms with E-state index >= 15 is 0 Å². The molecular weight excluding hydrogens is 1710 g/mol. The molecule has 0 spiro atoms. The van der Waals surface area contributed by atoms with E-state index in [1.165, 1.54) is 186 Å². The van der Waals surface area contributed by atoms with E-state index in [9.17, 15) is 47.9 Å². The van der Waals surface area contributed by atoms with Gasteiger partial charge in [-0.3, -0.25) is 28.8 Å². The van der Waals surface area contributed by atoms with E-state index in [1.807, 2.05) is 104 Å². The molecule has 20 nitrogen and oxygen atoms in total. The van der Waals surface area contributed by atoms with Crippen molar-refractivity contribution < 1.29 is 95.3 Å². The minimum absolute atomic E-state index is 0.101. The van der Waals surface area contributed by atoms with Crippen molar-refractivity contribution >= 4 is 59.7 Å². The molecule has 0 aromatic rings. The highest BCUT2D eigenvalue weighted by atomic mass is 16.6. The molecule has 0 aliphatic heterocycles. The number of ether oxygens (including phenoxy) is 10. The first-order valence-electron chi connectivity index (χ1n) is 55.4. The van der Waals surface area contributed by atoms with Crippen LogP contribution in [0.4, 0.5) is 0 Å². The Morgan fingerprint density at radius 1 is 0.287 bits per heavy atom. The van der Waals surface area contributed by atoms with Crippen LogP contribution in [0.3, 0.4) is 0 Å². The minimum atomic E-state index is -0.860. The van der Waals surface area contributed by atoms with E-state index in [1.54, 1.807) is 6.92 Å². The summed E-state index contributed by atoms with van der Waals surface area (Å²) in [5, 5.41) is 0. The first-order valence-corrected chi connectivity index (χ1v) is 55.4. The molecule has 136 heavy (non-hydrogen) atoms. The SMILES string of the molecule is CCC(C)(C)C(=O)OC(C)C(=O)OC(C)(C)C12CC3CC(CC(C3)C1)C2.CCC(C)(C)C(=O)OCC(=O)OC(C)(C)C12CC3C4CC5CC3C(C1)C(C5)C4C2.CCC(C)(C)C(=O)OCC(=O)OC(C)(C)C1CC2CC1C1C3CCC(C3)C21.CCC(C)(C)C(=O)OCC(=O)OC(CC)(CC)C12CC3CC(CC(C3)C1)C2.CCC(C)(C)C(=O)OCCCC(=O)OC(C)(C)C12CC3CC(CC(C3)C1)C2. The Balaban J connectivity index is 0.000000136. The van der Waals surface area contributed by atoms with Crippen LogP contribution in [-0.4, -0.2) is 120 Å². The summed E-state index contributed by atoms with van der Waals surface area (Å²) in [6.07, 6.45) is 43.3. The normalized spacial score (nSPS) is 36.7. The zero-order valence-corrected chi connectivity index (χ0v) is 89.7. The van der Waals surface area contributed by atoms with Gasteiger partial charge in [-0.1, -0.05) is 48.5 Å². The molecule has 0 N–H and O–H groups in total. The number of rotatable bonds is 34. The maximum Gasteiger partial charge on any atom is 0.347 e. The molecule has 23 saturated carbocycles. The van der Waals surface area contributed by atoms with E-state index in [2.05, 4.69) is 69.2 Å². The van der Waals surface area contributed by atoms with Crippen LogP contribution >= 0.6 is 0 Å². The van der Waals surface area contributed by atoms with Crippen molar-refractivity contribution in [3.05, 3.63) is 0 Å². The van der Waals surface area contributed by atoms with Gasteiger partial charge in [0.25, 0.3) is 0 Å². The summed E-state index contributed by atoms with van der Waals surface area (Å²) in [6, 6.07) is 0. The first-order chi connectivity index (χ1) is 63.4. The lowest BCUT2D eigenvalue weighted by molar-refractivity contribution is -0.273. The van der Waals surface area contributed by atoms with Crippen molar-refractivity contribution in [2.24, 2.45) is 185 Å². The molecule has 23 fully saturated rings. The van der Waals surface area contributed by atoms with E-state index < -0.39 is 79.1 Å². The molecule has 0 radical (unpaired) electrons. The summed E-state index contributed by atoms with van der Waals surface area (Å²) >= 11 is 0. The van der Waals surface area contributed by atoms with Gasteiger partial charge in [-0.15, -0.1) is 0 Å². The van der Waals surface area contributed by atoms with E-state index in [0.29, 0.717) is 44.4 Å². The molecule has 23 aliphatic rings. The van der Waals surface area contributed by atoms with Crippen LogP contribution in [0.25, 0.3) is 0 Å². The number of carbonyl (C=O) groups excluding carboxylic acids is 10. The zero-order chi connectivity index (χ0) is 99.4. The topological polar surface area (TPSA) is 263 Å². The maximum atomic E-state index is 12.7. The summed E-state index contributed by atoms with van der Waals surface area (Å²) in [5.41, 5.74) is -4.49. The van der Waals surface area contributed by atoms with Gasteiger partial charge in [-0.05, 0) is 499 Å². The molecule has 0 amide bonds. The second-order valence-corrected chi connectivity index (χ2v) is 54.4. The molecule has 8 atom stereocenters. The second-order valence-electron chi connectivity index (χ2n) is 54.4. The third-order valence-electron chi connectivity index (χ3n) is 43.0. The second kappa shape index (κ2) is 39.7. The van der Waals surface area contributed by atoms with E-state index in [-0.39, 0.29) is 89.9 Å². The molecule has 20 heteroatoms. The fraction of sp³-hybridized carbons (Fsp3) is 0.914. The van der Waals surface area contributed by atoms with E-state index in [0.717, 1.165) is 149 Å². The molecule has 0 aromatic heterocycles. The Labute approximate surface area is 819 Å². The van der Waals surface area contributed by atoms with Crippen LogP contribution in [0.1, 0.15) is 424 Å². The number of hydrogen-bond donors (Lipinski definition) is 0. The number of carbonyl (C=O) groups is 10. The summed E-state index contributed by atoms with van der Waals surface area (Å²) in [7, 11) is 0. The fourth-order valence-electron chi connectivity index (χ4n) is 34.2. The predicted molar refractivity (Wildman–Crippen MR) is 523 cm³/mol. The van der Waals surface area contributed by atoms with Crippen LogP contribution in [0, 0.1) is 185 Å². The Morgan fingerprint density at radius 3 is 0.971 bits per heavy atom. The molecule has 8 unspecified atom stereocenters. The van der Waals surface area contributed by atoms with Crippen LogP contribution in [0.15, 0.2) is 0 Å². The molecule has 0 heterocycles. The minimum Gasteiger partial charge on any atom is -0.465 e. The maximum absolute atomic E-state index is 12.7. The molecule has 23 rings (SSSR count). The third kappa shape index (κ3) is 21.1. The first kappa shape index (κ1) is 106. The van der Waals surface area contributed by atoms with Crippen molar-refractivity contribution in [1.82, 2.24) is 0 Å². The van der Waals surface area contributed by atoms with E-state index in [4.69, 9.17) is 47.4 Å². The van der Waals surface area contributed by atoms with Gasteiger partial charge in [0.05, 0.1) is 33.7 Å². The zero-order valence-electron chi connectivity index (χ0n) is 89.7. The standard InChI is InChI=1S/C25H38O4.C23H36O4.2C23H38O4.C22H36O4/c1-6-23(2,3)22(27)28-13-21(26)29-24(4,5)25-10-18-15-7-14-8-16(18)20(12-25)17(9-14)19(15)11-25;1-6-22(2,3)21(25)26-12-18(24)27-23(4,5)17-11-15-10-16(17)20-14-8-7-13(9-14)19(15)20;1-6-21(2,3)20(25)26-9-7-8-19(24)27-22(4,5)23-13-16-10-17(14-23)12-18(11-16)15-23;1-6-21(4,5)20(25)26-15-19(24)27-23(7-2,8-3)22-12-16-9-17(13-22)11-18(10-16)14-22;1-7-20(3,4)19(24)25-14(2)18(23)26-21(5,6)22-11-15-8-16(12-22)10-17(9-15)13-22/h14-20H,6-13H2,1-5H3;13-17,19-20H,6-12H2,1-5H3;2*16-18H,6-15H2,1-5H3;14-17H,7-13H2,1-6H3. The molecule has 24 bridgehead atoms. The van der Waals surface area contributed by atoms with Crippen molar-refractivity contribution in [3.63, 3.8) is 0 Å². The average molecular weight is 1900 g/mol. The smallest absolute Gasteiger partial charge is 0.347 e. The number of esters is 10. The Morgan fingerprint density at radius 2 is 0.603 bits per heavy atom. The van der Waals surface area contributed by atoms with Gasteiger partial charge in [0, 0.05) is 34.0 Å². The lowest BCUT2D eigenvalue weighted by atomic mass is 9.31. The van der Waals surface area contributed by atoms with Gasteiger partial charge < -0.3 is 47.4 Å². The van der Waals surface area contributed by atoms with Crippen LogP contribution < -0.4 is 0 Å². The summed E-state index contributed by atoms with van der Waals surface area (Å²) in [4.78, 5) is 124. The number of hydrogen-bond acceptors (Lipinski definition) is 20. The largest absolute Gasteiger partial charge is 0.465 e.